The van der Waals surface area contributed by atoms with Crippen LogP contribution in [0.25, 0.3) is 0 Å². The average molecular weight is 270 g/mol. The maximum atomic E-state index is 12.2. The van der Waals surface area contributed by atoms with Crippen molar-refractivity contribution in [2.24, 2.45) is 5.92 Å². The van der Waals surface area contributed by atoms with Gasteiger partial charge >= 0.3 is 0 Å². The zero-order chi connectivity index (χ0) is 13.5. The summed E-state index contributed by atoms with van der Waals surface area (Å²) in [6.45, 7) is 4.33. The number of rotatable bonds is 8. The van der Waals surface area contributed by atoms with Crippen LogP contribution in [0.1, 0.15) is 25.7 Å². The Hall–Kier alpha value is -0.650. The predicted octanol–water partition coefficient (Wildman–Crippen LogP) is 0.640. The molecular formula is C14H26N2O3. The van der Waals surface area contributed by atoms with Gasteiger partial charge in [0.05, 0.1) is 13.2 Å². The summed E-state index contributed by atoms with van der Waals surface area (Å²) >= 11 is 0. The van der Waals surface area contributed by atoms with Gasteiger partial charge in [0, 0.05) is 19.7 Å². The van der Waals surface area contributed by atoms with Gasteiger partial charge in [-0.15, -0.1) is 0 Å². The molecule has 1 saturated heterocycles. The molecule has 0 atom stereocenters. The van der Waals surface area contributed by atoms with Crippen LogP contribution in [-0.4, -0.2) is 63.4 Å². The van der Waals surface area contributed by atoms with Crippen LogP contribution >= 0.6 is 0 Å². The fourth-order valence-corrected chi connectivity index (χ4v) is 2.57. The summed E-state index contributed by atoms with van der Waals surface area (Å²) < 4.78 is 10.3. The lowest BCUT2D eigenvalue weighted by molar-refractivity contribution is -0.138. The van der Waals surface area contributed by atoms with Gasteiger partial charge in [-0.3, -0.25) is 4.79 Å². The molecule has 1 aliphatic heterocycles. The van der Waals surface area contributed by atoms with Crippen LogP contribution in [0, 0.1) is 5.92 Å². The highest BCUT2D eigenvalue weighted by Gasteiger charge is 2.34. The van der Waals surface area contributed by atoms with Gasteiger partial charge in [-0.05, 0) is 44.7 Å². The molecule has 0 aromatic rings. The third-order valence-electron chi connectivity index (χ3n) is 3.88. The number of piperidine rings is 1. The molecule has 1 amide bonds. The number of hydrogen-bond acceptors (Lipinski definition) is 4. The van der Waals surface area contributed by atoms with Crippen molar-refractivity contribution in [2.75, 3.05) is 46.6 Å². The van der Waals surface area contributed by atoms with E-state index in [-0.39, 0.29) is 12.5 Å². The standard InChI is InChI=1S/C14H26N2O3/c1-18-8-9-19-11-14(17)16(13-2-3-13)10-12-4-6-15-7-5-12/h12-13,15H,2-11H2,1H3. The second-order valence-electron chi connectivity index (χ2n) is 5.52. The van der Waals surface area contributed by atoms with E-state index in [1.54, 1.807) is 7.11 Å². The highest BCUT2D eigenvalue weighted by atomic mass is 16.5. The lowest BCUT2D eigenvalue weighted by Crippen LogP contribution is -2.42. The van der Waals surface area contributed by atoms with Crippen molar-refractivity contribution >= 4 is 5.91 Å². The Morgan fingerprint density at radius 2 is 1.95 bits per heavy atom. The van der Waals surface area contributed by atoms with E-state index in [9.17, 15) is 4.79 Å². The second-order valence-corrected chi connectivity index (χ2v) is 5.52. The van der Waals surface area contributed by atoms with Gasteiger partial charge in [0.2, 0.25) is 5.91 Å². The Morgan fingerprint density at radius 1 is 1.21 bits per heavy atom. The molecule has 19 heavy (non-hydrogen) atoms. The van der Waals surface area contributed by atoms with E-state index in [1.165, 1.54) is 12.8 Å². The van der Waals surface area contributed by atoms with Crippen molar-refractivity contribution in [2.45, 2.75) is 31.7 Å². The number of nitrogens with one attached hydrogen (secondary N) is 1. The van der Waals surface area contributed by atoms with Gasteiger partial charge in [-0.25, -0.2) is 0 Å². The number of carbonyl (C=O) groups excluding carboxylic acids is 1. The lowest BCUT2D eigenvalue weighted by atomic mass is 9.97. The fraction of sp³-hybridized carbons (Fsp3) is 0.929. The number of nitrogens with zero attached hydrogens (tertiary/aromatic N) is 1. The highest BCUT2D eigenvalue weighted by molar-refractivity contribution is 5.78. The summed E-state index contributed by atoms with van der Waals surface area (Å²) in [5.74, 6) is 0.807. The van der Waals surface area contributed by atoms with E-state index < -0.39 is 0 Å². The van der Waals surface area contributed by atoms with Crippen LogP contribution in [-0.2, 0) is 14.3 Å². The van der Waals surface area contributed by atoms with Crippen LogP contribution in [0.3, 0.4) is 0 Å². The van der Waals surface area contributed by atoms with E-state index in [0.29, 0.717) is 25.2 Å². The first-order chi connectivity index (χ1) is 9.31. The Bertz CT molecular complexity index is 276. The minimum atomic E-state index is 0.150. The van der Waals surface area contributed by atoms with Crippen molar-refractivity contribution in [3.05, 3.63) is 0 Å². The maximum absolute atomic E-state index is 12.2. The first-order valence-electron chi connectivity index (χ1n) is 7.38. The third kappa shape index (κ3) is 5.09. The Morgan fingerprint density at radius 3 is 2.58 bits per heavy atom. The smallest absolute Gasteiger partial charge is 0.248 e. The topological polar surface area (TPSA) is 50.8 Å². The molecule has 0 aromatic heterocycles. The first-order valence-corrected chi connectivity index (χ1v) is 7.38. The number of ether oxygens (including phenoxy) is 2. The molecule has 0 radical (unpaired) electrons. The number of hydrogen-bond donors (Lipinski definition) is 1. The normalized spacial score (nSPS) is 20.5. The summed E-state index contributed by atoms with van der Waals surface area (Å²) in [6, 6.07) is 0.480. The molecule has 0 bridgehead atoms. The molecular weight excluding hydrogens is 244 g/mol. The van der Waals surface area contributed by atoms with E-state index in [0.717, 1.165) is 32.5 Å². The maximum Gasteiger partial charge on any atom is 0.248 e. The van der Waals surface area contributed by atoms with Crippen molar-refractivity contribution in [1.82, 2.24) is 10.2 Å². The van der Waals surface area contributed by atoms with Gasteiger partial charge in [0.25, 0.3) is 0 Å². The van der Waals surface area contributed by atoms with Crippen LogP contribution in [0.15, 0.2) is 0 Å². The molecule has 0 spiro atoms. The average Bonchev–Trinajstić information content (AvgIpc) is 3.26. The molecule has 1 aliphatic carbocycles. The van der Waals surface area contributed by atoms with Gasteiger partial charge in [0.15, 0.2) is 0 Å². The molecule has 2 rings (SSSR count). The molecule has 1 heterocycles. The molecule has 5 heteroatoms. The number of amides is 1. The fourth-order valence-electron chi connectivity index (χ4n) is 2.57. The van der Waals surface area contributed by atoms with Gasteiger partial charge in [-0.1, -0.05) is 0 Å². The van der Waals surface area contributed by atoms with Crippen molar-refractivity contribution in [3.63, 3.8) is 0 Å². The molecule has 0 aromatic carbocycles. The largest absolute Gasteiger partial charge is 0.382 e. The monoisotopic (exact) mass is 270 g/mol. The SMILES string of the molecule is COCCOCC(=O)N(CC1CCNCC1)C1CC1. The lowest BCUT2D eigenvalue weighted by Gasteiger charge is -2.30. The molecule has 1 saturated carbocycles. The van der Waals surface area contributed by atoms with Crippen molar-refractivity contribution in [3.8, 4) is 0 Å². The molecule has 2 fully saturated rings. The van der Waals surface area contributed by atoms with Crippen molar-refractivity contribution in [1.29, 1.82) is 0 Å². The van der Waals surface area contributed by atoms with Gasteiger partial charge < -0.3 is 19.7 Å². The molecule has 2 aliphatic rings. The minimum Gasteiger partial charge on any atom is -0.382 e. The van der Waals surface area contributed by atoms with E-state index >= 15 is 0 Å². The Kier molecular flexibility index (Phi) is 6.07. The second kappa shape index (κ2) is 7.82. The zero-order valence-electron chi connectivity index (χ0n) is 11.9. The summed E-state index contributed by atoms with van der Waals surface area (Å²) in [6.07, 6.45) is 4.69. The van der Waals surface area contributed by atoms with Crippen LogP contribution in [0.5, 0.6) is 0 Å². The Balaban J connectivity index is 1.73. The van der Waals surface area contributed by atoms with Gasteiger partial charge in [-0.2, -0.15) is 0 Å². The van der Waals surface area contributed by atoms with Crippen LogP contribution < -0.4 is 5.32 Å². The Labute approximate surface area is 115 Å². The summed E-state index contributed by atoms with van der Waals surface area (Å²) in [5, 5.41) is 3.37. The third-order valence-corrected chi connectivity index (χ3v) is 3.88. The number of methoxy groups -OCH3 is 1. The summed E-state index contributed by atoms with van der Waals surface area (Å²) in [5.41, 5.74) is 0. The summed E-state index contributed by atoms with van der Waals surface area (Å²) in [4.78, 5) is 14.3. The van der Waals surface area contributed by atoms with Gasteiger partial charge in [0.1, 0.15) is 6.61 Å². The van der Waals surface area contributed by atoms with Crippen LogP contribution in [0.2, 0.25) is 0 Å². The summed E-state index contributed by atoms with van der Waals surface area (Å²) in [7, 11) is 1.64. The van der Waals surface area contributed by atoms with Crippen molar-refractivity contribution < 1.29 is 14.3 Å². The van der Waals surface area contributed by atoms with E-state index in [1.807, 2.05) is 0 Å². The predicted molar refractivity (Wildman–Crippen MR) is 73.0 cm³/mol. The molecule has 5 nitrogen and oxygen atoms in total. The highest BCUT2D eigenvalue weighted by Crippen LogP contribution is 2.29. The molecule has 110 valence electrons. The zero-order valence-corrected chi connectivity index (χ0v) is 11.9. The molecule has 1 N–H and O–H groups in total. The van der Waals surface area contributed by atoms with E-state index in [2.05, 4.69) is 10.2 Å². The molecule has 0 unspecified atom stereocenters. The first kappa shape index (κ1) is 14.8. The minimum absolute atomic E-state index is 0.150. The van der Waals surface area contributed by atoms with E-state index in [4.69, 9.17) is 9.47 Å². The number of carbonyl (C=O) groups is 1. The van der Waals surface area contributed by atoms with Crippen LogP contribution in [0.4, 0.5) is 0 Å². The quantitative estimate of drug-likeness (QED) is 0.658.